The largest absolute Gasteiger partial charge is 0.497 e. The van der Waals surface area contributed by atoms with Crippen molar-refractivity contribution in [3.8, 4) is 11.5 Å². The first-order chi connectivity index (χ1) is 9.49. The van der Waals surface area contributed by atoms with E-state index < -0.39 is 5.54 Å². The predicted molar refractivity (Wildman–Crippen MR) is 77.4 cm³/mol. The lowest BCUT2D eigenvalue weighted by Crippen LogP contribution is -2.46. The fourth-order valence-electron chi connectivity index (χ4n) is 1.91. The third-order valence-corrected chi connectivity index (χ3v) is 3.51. The molecule has 0 saturated heterocycles. The quantitative estimate of drug-likeness (QED) is 0.802. The molecular weight excluding hydrogens is 258 g/mol. The summed E-state index contributed by atoms with van der Waals surface area (Å²) in [5, 5.41) is 12.1. The smallest absolute Gasteiger partial charge is 0.255 e. The topological polar surface area (TPSA) is 67.8 Å². The number of amides is 1. The Labute approximate surface area is 119 Å². The maximum Gasteiger partial charge on any atom is 0.255 e. The monoisotopic (exact) mass is 281 g/mol. The van der Waals surface area contributed by atoms with E-state index in [1.807, 2.05) is 13.8 Å². The molecule has 0 aromatic heterocycles. The van der Waals surface area contributed by atoms with Crippen molar-refractivity contribution < 1.29 is 19.4 Å². The highest BCUT2D eigenvalue weighted by Gasteiger charge is 2.25. The van der Waals surface area contributed by atoms with Crippen molar-refractivity contribution in [1.82, 2.24) is 5.32 Å². The molecule has 5 heteroatoms. The zero-order valence-corrected chi connectivity index (χ0v) is 12.5. The molecular formula is C15H23NO4. The summed E-state index contributed by atoms with van der Waals surface area (Å²) in [6.45, 7) is 3.91. The molecule has 0 saturated carbocycles. The van der Waals surface area contributed by atoms with Crippen LogP contribution in [-0.4, -0.2) is 37.4 Å². The number of hydrogen-bond acceptors (Lipinski definition) is 4. The molecule has 5 nitrogen and oxygen atoms in total. The SMILES string of the molecule is CCC(C)(CCO)NC(=O)c1cc(OC)ccc1OC. The maximum absolute atomic E-state index is 12.4. The van der Waals surface area contributed by atoms with Crippen LogP contribution >= 0.6 is 0 Å². The van der Waals surface area contributed by atoms with Crippen LogP contribution in [0, 0.1) is 0 Å². The van der Waals surface area contributed by atoms with E-state index in [2.05, 4.69) is 5.32 Å². The van der Waals surface area contributed by atoms with Gasteiger partial charge in [0.1, 0.15) is 11.5 Å². The molecule has 0 bridgehead atoms. The molecule has 2 N–H and O–H groups in total. The first-order valence-corrected chi connectivity index (χ1v) is 6.65. The van der Waals surface area contributed by atoms with Gasteiger partial charge in [0.05, 0.1) is 19.8 Å². The van der Waals surface area contributed by atoms with Gasteiger partial charge < -0.3 is 19.9 Å². The lowest BCUT2D eigenvalue weighted by atomic mass is 9.94. The standard InChI is InChI=1S/C15H23NO4/c1-5-15(2,8-9-17)16-14(18)12-10-11(19-3)6-7-13(12)20-4/h6-7,10,17H,5,8-9H2,1-4H3,(H,16,18). The van der Waals surface area contributed by atoms with Gasteiger partial charge in [-0.2, -0.15) is 0 Å². The summed E-state index contributed by atoms with van der Waals surface area (Å²) in [5.41, 5.74) is -0.0237. The Hall–Kier alpha value is -1.75. The molecule has 0 heterocycles. The number of hydrogen-bond donors (Lipinski definition) is 2. The van der Waals surface area contributed by atoms with Crippen LogP contribution in [0.5, 0.6) is 11.5 Å². The van der Waals surface area contributed by atoms with E-state index in [-0.39, 0.29) is 12.5 Å². The molecule has 0 aliphatic heterocycles. The number of carbonyl (C=O) groups is 1. The highest BCUT2D eigenvalue weighted by atomic mass is 16.5. The van der Waals surface area contributed by atoms with Crippen LogP contribution in [0.3, 0.4) is 0 Å². The lowest BCUT2D eigenvalue weighted by Gasteiger charge is -2.29. The molecule has 112 valence electrons. The van der Waals surface area contributed by atoms with Gasteiger partial charge in [0.15, 0.2) is 0 Å². The van der Waals surface area contributed by atoms with Crippen LogP contribution in [0.2, 0.25) is 0 Å². The van der Waals surface area contributed by atoms with E-state index in [9.17, 15) is 4.79 Å². The van der Waals surface area contributed by atoms with Crippen molar-refractivity contribution in [2.75, 3.05) is 20.8 Å². The summed E-state index contributed by atoms with van der Waals surface area (Å²) in [6.07, 6.45) is 1.23. The Morgan fingerprint density at radius 1 is 1.35 bits per heavy atom. The van der Waals surface area contributed by atoms with E-state index >= 15 is 0 Å². The molecule has 0 fully saturated rings. The number of carbonyl (C=O) groups excluding carboxylic acids is 1. The summed E-state index contributed by atoms with van der Waals surface area (Å²) >= 11 is 0. The summed E-state index contributed by atoms with van der Waals surface area (Å²) in [6, 6.07) is 5.08. The molecule has 0 spiro atoms. The summed E-state index contributed by atoms with van der Waals surface area (Å²) in [5.74, 6) is 0.848. The van der Waals surface area contributed by atoms with E-state index in [1.165, 1.54) is 7.11 Å². The Morgan fingerprint density at radius 3 is 2.55 bits per heavy atom. The van der Waals surface area contributed by atoms with Gasteiger partial charge in [-0.1, -0.05) is 6.92 Å². The second-order valence-corrected chi connectivity index (χ2v) is 4.91. The van der Waals surface area contributed by atoms with Crippen LogP contribution in [0.4, 0.5) is 0 Å². The number of nitrogens with one attached hydrogen (secondary N) is 1. The number of aliphatic hydroxyl groups excluding tert-OH is 1. The van der Waals surface area contributed by atoms with Crippen LogP contribution in [0.1, 0.15) is 37.0 Å². The third-order valence-electron chi connectivity index (χ3n) is 3.51. The first-order valence-electron chi connectivity index (χ1n) is 6.65. The Kier molecular flexibility index (Phi) is 5.82. The van der Waals surface area contributed by atoms with Crippen LogP contribution in [-0.2, 0) is 0 Å². The number of ether oxygens (including phenoxy) is 2. The molecule has 1 atom stereocenters. The van der Waals surface area contributed by atoms with E-state index in [4.69, 9.17) is 14.6 Å². The molecule has 1 aromatic carbocycles. The van der Waals surface area contributed by atoms with E-state index in [0.29, 0.717) is 23.5 Å². The minimum Gasteiger partial charge on any atom is -0.497 e. The van der Waals surface area contributed by atoms with Crippen molar-refractivity contribution in [1.29, 1.82) is 0 Å². The zero-order chi connectivity index (χ0) is 15.2. The first kappa shape index (κ1) is 16.3. The summed E-state index contributed by atoms with van der Waals surface area (Å²) < 4.78 is 10.3. The fraction of sp³-hybridized carbons (Fsp3) is 0.533. The third kappa shape index (κ3) is 3.87. The second-order valence-electron chi connectivity index (χ2n) is 4.91. The molecule has 1 aromatic rings. The number of methoxy groups -OCH3 is 2. The Balaban J connectivity index is 3.01. The predicted octanol–water partition coefficient (Wildman–Crippen LogP) is 1.98. The molecule has 0 radical (unpaired) electrons. The molecule has 0 aliphatic carbocycles. The molecule has 20 heavy (non-hydrogen) atoms. The molecule has 1 amide bonds. The maximum atomic E-state index is 12.4. The van der Waals surface area contributed by atoms with Gasteiger partial charge in [-0.15, -0.1) is 0 Å². The highest BCUT2D eigenvalue weighted by molar-refractivity contribution is 5.97. The van der Waals surface area contributed by atoms with Crippen LogP contribution < -0.4 is 14.8 Å². The van der Waals surface area contributed by atoms with Crippen molar-refractivity contribution in [2.24, 2.45) is 0 Å². The Morgan fingerprint density at radius 2 is 2.05 bits per heavy atom. The normalized spacial score (nSPS) is 13.4. The number of aliphatic hydroxyl groups is 1. The fourth-order valence-corrected chi connectivity index (χ4v) is 1.91. The second kappa shape index (κ2) is 7.14. The van der Waals surface area contributed by atoms with Crippen molar-refractivity contribution >= 4 is 5.91 Å². The summed E-state index contributed by atoms with van der Waals surface area (Å²) in [7, 11) is 3.07. The number of benzene rings is 1. The molecule has 1 unspecified atom stereocenters. The van der Waals surface area contributed by atoms with Gasteiger partial charge in [-0.3, -0.25) is 4.79 Å². The Bertz CT molecular complexity index is 461. The summed E-state index contributed by atoms with van der Waals surface area (Å²) in [4.78, 5) is 12.4. The van der Waals surface area contributed by atoms with Crippen LogP contribution in [0.25, 0.3) is 0 Å². The van der Waals surface area contributed by atoms with Crippen molar-refractivity contribution in [3.05, 3.63) is 23.8 Å². The van der Waals surface area contributed by atoms with Gasteiger partial charge in [0.2, 0.25) is 0 Å². The average Bonchev–Trinajstić information content (AvgIpc) is 2.46. The van der Waals surface area contributed by atoms with Gasteiger partial charge in [0, 0.05) is 12.1 Å². The van der Waals surface area contributed by atoms with Crippen molar-refractivity contribution in [3.63, 3.8) is 0 Å². The van der Waals surface area contributed by atoms with Gasteiger partial charge >= 0.3 is 0 Å². The van der Waals surface area contributed by atoms with Gasteiger partial charge in [0.25, 0.3) is 5.91 Å². The minimum atomic E-state index is -0.445. The van der Waals surface area contributed by atoms with E-state index in [0.717, 1.165) is 6.42 Å². The minimum absolute atomic E-state index is 0.0276. The van der Waals surface area contributed by atoms with Crippen molar-refractivity contribution in [2.45, 2.75) is 32.2 Å². The highest BCUT2D eigenvalue weighted by Crippen LogP contribution is 2.25. The van der Waals surface area contributed by atoms with Crippen LogP contribution in [0.15, 0.2) is 18.2 Å². The zero-order valence-electron chi connectivity index (χ0n) is 12.5. The average molecular weight is 281 g/mol. The molecule has 0 aliphatic rings. The van der Waals surface area contributed by atoms with E-state index in [1.54, 1.807) is 25.3 Å². The van der Waals surface area contributed by atoms with Gasteiger partial charge in [-0.05, 0) is 38.0 Å². The number of rotatable bonds is 7. The van der Waals surface area contributed by atoms with Gasteiger partial charge in [-0.25, -0.2) is 0 Å². The lowest BCUT2D eigenvalue weighted by molar-refractivity contribution is 0.0882. The molecule has 1 rings (SSSR count).